The van der Waals surface area contributed by atoms with Gasteiger partial charge in [-0.25, -0.2) is 8.78 Å². The molecule has 0 saturated heterocycles. The highest BCUT2D eigenvalue weighted by molar-refractivity contribution is 5.38. The van der Waals surface area contributed by atoms with Gasteiger partial charge in [0.2, 0.25) is 0 Å². The van der Waals surface area contributed by atoms with Crippen molar-refractivity contribution in [2.24, 2.45) is 0 Å². The average Bonchev–Trinajstić information content (AvgIpc) is 2.44. The van der Waals surface area contributed by atoms with Crippen molar-refractivity contribution in [2.45, 2.75) is 12.8 Å². The van der Waals surface area contributed by atoms with Crippen molar-refractivity contribution in [3.63, 3.8) is 0 Å². The van der Waals surface area contributed by atoms with Gasteiger partial charge in [0.05, 0.1) is 0 Å². The summed E-state index contributed by atoms with van der Waals surface area (Å²) in [7, 11) is 4.06. The predicted molar refractivity (Wildman–Crippen MR) is 79.7 cm³/mol. The summed E-state index contributed by atoms with van der Waals surface area (Å²) in [5, 5.41) is 0. The summed E-state index contributed by atoms with van der Waals surface area (Å²) in [6.07, 6.45) is 1.88. The number of nitrogens with zero attached hydrogens (tertiary/aromatic N) is 1. The largest absolute Gasteiger partial charge is 0.457 e. The molecule has 2 rings (SSSR count). The van der Waals surface area contributed by atoms with Gasteiger partial charge in [-0.3, -0.25) is 0 Å². The first-order valence-electron chi connectivity index (χ1n) is 6.92. The van der Waals surface area contributed by atoms with Crippen LogP contribution in [0.15, 0.2) is 42.5 Å². The minimum absolute atomic E-state index is 0.300. The van der Waals surface area contributed by atoms with Crippen molar-refractivity contribution in [1.82, 2.24) is 4.90 Å². The summed E-state index contributed by atoms with van der Waals surface area (Å²) in [4.78, 5) is 2.12. The molecule has 0 aliphatic heterocycles. The van der Waals surface area contributed by atoms with E-state index in [1.165, 1.54) is 6.07 Å². The molecular weight excluding hydrogens is 272 g/mol. The van der Waals surface area contributed by atoms with Crippen molar-refractivity contribution < 1.29 is 13.5 Å². The van der Waals surface area contributed by atoms with Gasteiger partial charge in [0.25, 0.3) is 0 Å². The van der Waals surface area contributed by atoms with E-state index in [1.54, 1.807) is 0 Å². The van der Waals surface area contributed by atoms with Crippen molar-refractivity contribution in [3.05, 3.63) is 59.7 Å². The van der Waals surface area contributed by atoms with Gasteiger partial charge < -0.3 is 9.64 Å². The molecule has 0 bridgehead atoms. The number of ether oxygens (including phenoxy) is 1. The van der Waals surface area contributed by atoms with Crippen LogP contribution in [-0.2, 0) is 6.42 Å². The smallest absolute Gasteiger partial charge is 0.162 e. The third kappa shape index (κ3) is 4.53. The average molecular weight is 291 g/mol. The molecule has 0 N–H and O–H groups in total. The molecule has 0 heterocycles. The highest BCUT2D eigenvalue weighted by atomic mass is 19.2. The van der Waals surface area contributed by atoms with Gasteiger partial charge in [-0.05, 0) is 57.2 Å². The van der Waals surface area contributed by atoms with E-state index in [9.17, 15) is 8.78 Å². The molecule has 0 fully saturated rings. The zero-order valence-electron chi connectivity index (χ0n) is 12.3. The quantitative estimate of drug-likeness (QED) is 0.789. The van der Waals surface area contributed by atoms with E-state index in [0.717, 1.165) is 37.1 Å². The monoisotopic (exact) mass is 291 g/mol. The van der Waals surface area contributed by atoms with E-state index in [4.69, 9.17) is 4.74 Å². The van der Waals surface area contributed by atoms with E-state index in [-0.39, 0.29) is 0 Å². The van der Waals surface area contributed by atoms with Gasteiger partial charge in [-0.15, -0.1) is 0 Å². The highest BCUT2D eigenvalue weighted by Gasteiger charge is 2.07. The Morgan fingerprint density at radius 1 is 1.00 bits per heavy atom. The maximum atomic E-state index is 13.2. The number of rotatable bonds is 6. The lowest BCUT2D eigenvalue weighted by Crippen LogP contribution is -2.13. The van der Waals surface area contributed by atoms with Gasteiger partial charge in [-0.2, -0.15) is 0 Å². The highest BCUT2D eigenvalue weighted by Crippen LogP contribution is 2.27. The Balaban J connectivity index is 2.10. The molecule has 21 heavy (non-hydrogen) atoms. The summed E-state index contributed by atoms with van der Waals surface area (Å²) in [6.45, 7) is 0.986. The number of para-hydroxylation sites is 1. The van der Waals surface area contributed by atoms with Gasteiger partial charge in [0.1, 0.15) is 11.5 Å². The molecule has 0 aliphatic carbocycles. The molecule has 0 atom stereocenters. The normalized spacial score (nSPS) is 10.9. The van der Waals surface area contributed by atoms with Crippen LogP contribution in [0.2, 0.25) is 0 Å². The predicted octanol–water partition coefficient (Wildman–Crippen LogP) is 4.25. The third-order valence-corrected chi connectivity index (χ3v) is 3.14. The molecule has 0 spiro atoms. The fourth-order valence-electron chi connectivity index (χ4n) is 2.06. The minimum atomic E-state index is -0.905. The summed E-state index contributed by atoms with van der Waals surface area (Å²) in [6, 6.07) is 11.2. The second-order valence-corrected chi connectivity index (χ2v) is 5.19. The Bertz CT molecular complexity index is 599. The SMILES string of the molecule is CN(C)CCCc1ccccc1Oc1ccc(F)c(F)c1. The van der Waals surface area contributed by atoms with Crippen LogP contribution in [0.4, 0.5) is 8.78 Å². The molecule has 4 heteroatoms. The number of hydrogen-bond acceptors (Lipinski definition) is 2. The second-order valence-electron chi connectivity index (χ2n) is 5.19. The van der Waals surface area contributed by atoms with Gasteiger partial charge in [0, 0.05) is 6.07 Å². The lowest BCUT2D eigenvalue weighted by atomic mass is 10.1. The topological polar surface area (TPSA) is 12.5 Å². The number of halogens is 2. The van der Waals surface area contributed by atoms with Crippen LogP contribution >= 0.6 is 0 Å². The summed E-state index contributed by atoms with van der Waals surface area (Å²) in [5.74, 6) is -0.796. The zero-order chi connectivity index (χ0) is 15.2. The van der Waals surface area contributed by atoms with Crippen LogP contribution in [-0.4, -0.2) is 25.5 Å². The van der Waals surface area contributed by atoms with Gasteiger partial charge in [0.15, 0.2) is 11.6 Å². The molecule has 112 valence electrons. The molecule has 0 unspecified atom stereocenters. The van der Waals surface area contributed by atoms with Crippen molar-refractivity contribution in [3.8, 4) is 11.5 Å². The molecule has 2 nitrogen and oxygen atoms in total. The Labute approximate surface area is 124 Å². The van der Waals surface area contributed by atoms with E-state index >= 15 is 0 Å². The van der Waals surface area contributed by atoms with Crippen LogP contribution in [0, 0.1) is 11.6 Å². The molecule has 0 aromatic heterocycles. The van der Waals surface area contributed by atoms with Gasteiger partial charge in [-0.1, -0.05) is 18.2 Å². The Hall–Kier alpha value is -1.94. The second kappa shape index (κ2) is 7.18. The fraction of sp³-hybridized carbons (Fsp3) is 0.294. The summed E-state index contributed by atoms with van der Waals surface area (Å²) in [5.41, 5.74) is 1.06. The van der Waals surface area contributed by atoms with Crippen LogP contribution < -0.4 is 4.74 Å². The van der Waals surface area contributed by atoms with Crippen molar-refractivity contribution in [2.75, 3.05) is 20.6 Å². The number of hydrogen-bond donors (Lipinski definition) is 0. The maximum Gasteiger partial charge on any atom is 0.162 e. The lowest BCUT2D eigenvalue weighted by Gasteiger charge is -2.13. The van der Waals surface area contributed by atoms with Crippen LogP contribution in [0.25, 0.3) is 0 Å². The summed E-state index contributed by atoms with van der Waals surface area (Å²) >= 11 is 0. The van der Waals surface area contributed by atoms with Crippen molar-refractivity contribution in [1.29, 1.82) is 0 Å². The molecule has 2 aromatic rings. The van der Waals surface area contributed by atoms with Gasteiger partial charge >= 0.3 is 0 Å². The zero-order valence-corrected chi connectivity index (χ0v) is 12.3. The van der Waals surface area contributed by atoms with Crippen LogP contribution in [0.3, 0.4) is 0 Å². The third-order valence-electron chi connectivity index (χ3n) is 3.14. The first-order chi connectivity index (χ1) is 10.1. The Morgan fingerprint density at radius 3 is 2.48 bits per heavy atom. The Morgan fingerprint density at radius 2 is 1.76 bits per heavy atom. The molecular formula is C17H19F2NO. The molecule has 0 amide bonds. The van der Waals surface area contributed by atoms with Crippen LogP contribution in [0.1, 0.15) is 12.0 Å². The van der Waals surface area contributed by atoms with E-state index < -0.39 is 11.6 Å². The first kappa shape index (κ1) is 15.4. The number of aryl methyl sites for hydroxylation is 1. The minimum Gasteiger partial charge on any atom is -0.457 e. The molecule has 0 aliphatic rings. The first-order valence-corrected chi connectivity index (χ1v) is 6.92. The Kier molecular flexibility index (Phi) is 5.28. The molecule has 2 aromatic carbocycles. The fourth-order valence-corrected chi connectivity index (χ4v) is 2.06. The maximum absolute atomic E-state index is 13.2. The molecule has 0 saturated carbocycles. The lowest BCUT2D eigenvalue weighted by molar-refractivity contribution is 0.398. The van der Waals surface area contributed by atoms with Crippen LogP contribution in [0.5, 0.6) is 11.5 Å². The molecule has 0 radical (unpaired) electrons. The van der Waals surface area contributed by atoms with E-state index in [1.807, 2.05) is 38.4 Å². The van der Waals surface area contributed by atoms with E-state index in [0.29, 0.717) is 11.5 Å². The van der Waals surface area contributed by atoms with E-state index in [2.05, 4.69) is 4.90 Å². The summed E-state index contributed by atoms with van der Waals surface area (Å²) < 4.78 is 31.8. The van der Waals surface area contributed by atoms with Crippen molar-refractivity contribution >= 4 is 0 Å². The number of benzene rings is 2. The standard InChI is InChI=1S/C17H19F2NO/c1-20(2)11-5-7-13-6-3-4-8-17(13)21-14-9-10-15(18)16(19)12-14/h3-4,6,8-10,12H,5,7,11H2,1-2H3.